The Balaban J connectivity index is 1.96. The molecule has 0 N–H and O–H groups in total. The summed E-state index contributed by atoms with van der Waals surface area (Å²) in [7, 11) is -2.68. The average Bonchev–Trinajstić information content (AvgIpc) is 2.74. The van der Waals surface area contributed by atoms with Gasteiger partial charge in [0.1, 0.15) is 11.5 Å². The van der Waals surface area contributed by atoms with Crippen LogP contribution in [0.4, 0.5) is 5.69 Å². The lowest BCUT2D eigenvalue weighted by Crippen LogP contribution is -2.40. The maximum atomic E-state index is 13.4. The molecule has 0 aliphatic rings. The van der Waals surface area contributed by atoms with E-state index in [2.05, 4.69) is 15.9 Å². The normalized spacial score (nSPS) is 11.1. The molecular formula is C22H19BrClNO5S. The first-order valence-corrected chi connectivity index (χ1v) is 11.7. The zero-order chi connectivity index (χ0) is 22.6. The molecule has 0 aliphatic heterocycles. The van der Waals surface area contributed by atoms with Crippen LogP contribution in [-0.4, -0.2) is 28.0 Å². The molecule has 162 valence electrons. The molecule has 3 aromatic carbocycles. The minimum Gasteiger partial charge on any atom is -0.497 e. The molecule has 0 saturated heterocycles. The number of amides is 1. The zero-order valence-electron chi connectivity index (χ0n) is 16.7. The molecule has 3 aromatic rings. The first-order chi connectivity index (χ1) is 14.7. The van der Waals surface area contributed by atoms with E-state index in [0.29, 0.717) is 21.0 Å². The molecule has 0 saturated carbocycles. The largest absolute Gasteiger partial charge is 0.497 e. The van der Waals surface area contributed by atoms with Crippen molar-refractivity contribution in [2.24, 2.45) is 0 Å². The summed E-state index contributed by atoms with van der Waals surface area (Å²) in [5.41, 5.74) is 1.07. The van der Waals surface area contributed by atoms with Crippen LogP contribution < -0.4 is 13.8 Å². The fourth-order valence-corrected chi connectivity index (χ4v) is 4.95. The summed E-state index contributed by atoms with van der Waals surface area (Å²) >= 11 is 9.23. The third-order valence-corrected chi connectivity index (χ3v) is 6.96. The number of methoxy groups -OCH3 is 1. The van der Waals surface area contributed by atoms with E-state index in [1.165, 1.54) is 31.4 Å². The summed E-state index contributed by atoms with van der Waals surface area (Å²) in [5.74, 6) is 0.137. The third-order valence-electron chi connectivity index (χ3n) is 4.34. The number of hydrogen-bond donors (Lipinski definition) is 0. The molecule has 0 heterocycles. The third kappa shape index (κ3) is 5.39. The fourth-order valence-electron chi connectivity index (χ4n) is 2.74. The lowest BCUT2D eigenvalue weighted by Gasteiger charge is -2.23. The van der Waals surface area contributed by atoms with Crippen molar-refractivity contribution >= 4 is 49.1 Å². The maximum absolute atomic E-state index is 13.4. The number of carbonyl (C=O) groups excluding carboxylic acids is 1. The highest BCUT2D eigenvalue weighted by Gasteiger charge is 2.31. The number of halogens is 2. The first kappa shape index (κ1) is 23.1. The van der Waals surface area contributed by atoms with Crippen molar-refractivity contribution < 1.29 is 22.7 Å². The summed E-state index contributed by atoms with van der Waals surface area (Å²) in [4.78, 5) is 13.1. The minimum absolute atomic E-state index is 0.00468. The van der Waals surface area contributed by atoms with Crippen LogP contribution in [0.25, 0.3) is 0 Å². The Morgan fingerprint density at radius 3 is 2.26 bits per heavy atom. The van der Waals surface area contributed by atoms with Gasteiger partial charge < -0.3 is 9.47 Å². The van der Waals surface area contributed by atoms with Crippen molar-refractivity contribution in [3.05, 3.63) is 81.8 Å². The van der Waals surface area contributed by atoms with Crippen LogP contribution in [0.5, 0.6) is 11.5 Å². The molecule has 0 spiro atoms. The molecule has 0 radical (unpaired) electrons. The van der Waals surface area contributed by atoms with Gasteiger partial charge in [0.25, 0.3) is 15.9 Å². The number of aryl methyl sites for hydroxylation is 1. The van der Waals surface area contributed by atoms with Gasteiger partial charge in [-0.1, -0.05) is 29.3 Å². The Kier molecular flexibility index (Phi) is 7.25. The molecule has 0 unspecified atom stereocenters. The molecule has 31 heavy (non-hydrogen) atoms. The Morgan fingerprint density at radius 1 is 1.03 bits per heavy atom. The molecule has 0 atom stereocenters. The number of benzene rings is 3. The van der Waals surface area contributed by atoms with E-state index in [1.54, 1.807) is 42.5 Å². The van der Waals surface area contributed by atoms with E-state index in [-0.39, 0.29) is 10.6 Å². The lowest BCUT2D eigenvalue weighted by atomic mass is 10.2. The van der Waals surface area contributed by atoms with Gasteiger partial charge in [0, 0.05) is 5.02 Å². The van der Waals surface area contributed by atoms with Crippen molar-refractivity contribution in [2.75, 3.05) is 18.0 Å². The summed E-state index contributed by atoms with van der Waals surface area (Å²) in [6.07, 6.45) is 0. The number of anilines is 1. The van der Waals surface area contributed by atoms with E-state index in [9.17, 15) is 13.2 Å². The minimum atomic E-state index is -4.18. The highest BCUT2D eigenvalue weighted by atomic mass is 79.9. The number of nitrogens with zero attached hydrogens (tertiary/aromatic N) is 1. The zero-order valence-corrected chi connectivity index (χ0v) is 19.9. The summed E-state index contributed by atoms with van der Waals surface area (Å²) in [6, 6.07) is 17.2. The van der Waals surface area contributed by atoms with Crippen LogP contribution >= 0.6 is 27.5 Å². The van der Waals surface area contributed by atoms with Crippen LogP contribution in [0.15, 0.2) is 76.1 Å². The van der Waals surface area contributed by atoms with E-state index >= 15 is 0 Å². The van der Waals surface area contributed by atoms with Crippen LogP contribution in [0.2, 0.25) is 5.02 Å². The molecule has 9 heteroatoms. The molecule has 0 aliphatic carbocycles. The standard InChI is InChI=1S/C22H19BrClNO5S/c1-15-3-10-19(11-4-15)31(27,28)25(17-6-8-18(29-2)9-7-17)22(26)14-30-21-12-5-16(24)13-20(21)23/h3-13H,14H2,1-2H3. The number of sulfonamides is 1. The molecule has 0 aromatic heterocycles. The van der Waals surface area contributed by atoms with Crippen molar-refractivity contribution in [2.45, 2.75) is 11.8 Å². The van der Waals surface area contributed by atoms with Gasteiger partial charge in [-0.15, -0.1) is 0 Å². The second-order valence-corrected chi connectivity index (χ2v) is 9.62. The van der Waals surface area contributed by atoms with Gasteiger partial charge >= 0.3 is 0 Å². The number of rotatable bonds is 7. The molecule has 3 rings (SSSR count). The summed E-state index contributed by atoms with van der Waals surface area (Å²) in [5, 5.41) is 0.493. The van der Waals surface area contributed by atoms with Gasteiger partial charge in [-0.25, -0.2) is 8.42 Å². The van der Waals surface area contributed by atoms with Crippen molar-refractivity contribution in [3.63, 3.8) is 0 Å². The van der Waals surface area contributed by atoms with Crippen LogP contribution in [0.3, 0.4) is 0 Å². The number of ether oxygens (including phenoxy) is 2. The highest BCUT2D eigenvalue weighted by Crippen LogP contribution is 2.29. The van der Waals surface area contributed by atoms with Gasteiger partial charge in [0.05, 0.1) is 22.2 Å². The van der Waals surface area contributed by atoms with Crippen molar-refractivity contribution in [1.29, 1.82) is 0 Å². The van der Waals surface area contributed by atoms with E-state index in [0.717, 1.165) is 9.87 Å². The van der Waals surface area contributed by atoms with E-state index < -0.39 is 22.5 Å². The van der Waals surface area contributed by atoms with Crippen LogP contribution in [-0.2, 0) is 14.8 Å². The van der Waals surface area contributed by atoms with Gasteiger partial charge in [-0.3, -0.25) is 4.79 Å². The summed E-state index contributed by atoms with van der Waals surface area (Å²) in [6.45, 7) is 1.35. The molecule has 0 fully saturated rings. The number of hydrogen-bond acceptors (Lipinski definition) is 5. The molecule has 1 amide bonds. The Bertz CT molecular complexity index is 1180. The molecular weight excluding hydrogens is 506 g/mol. The predicted molar refractivity (Wildman–Crippen MR) is 123 cm³/mol. The predicted octanol–water partition coefficient (Wildman–Crippen LogP) is 5.22. The fraction of sp³-hybridized carbons (Fsp3) is 0.136. The van der Waals surface area contributed by atoms with Gasteiger partial charge in [-0.05, 0) is 77.5 Å². The highest BCUT2D eigenvalue weighted by molar-refractivity contribution is 9.10. The molecule has 6 nitrogen and oxygen atoms in total. The summed E-state index contributed by atoms with van der Waals surface area (Å²) < 4.78 is 38.7. The van der Waals surface area contributed by atoms with E-state index in [4.69, 9.17) is 21.1 Å². The number of carbonyl (C=O) groups is 1. The van der Waals surface area contributed by atoms with E-state index in [1.807, 2.05) is 6.92 Å². The average molecular weight is 525 g/mol. The van der Waals surface area contributed by atoms with Crippen LogP contribution in [0, 0.1) is 6.92 Å². The second-order valence-electron chi connectivity index (χ2n) is 6.54. The SMILES string of the molecule is COc1ccc(N(C(=O)COc2ccc(Cl)cc2Br)S(=O)(=O)c2ccc(C)cc2)cc1. The Labute approximate surface area is 194 Å². The Hall–Kier alpha value is -2.55. The second kappa shape index (κ2) is 9.72. The van der Waals surface area contributed by atoms with Crippen molar-refractivity contribution in [3.8, 4) is 11.5 Å². The smallest absolute Gasteiger partial charge is 0.278 e. The van der Waals surface area contributed by atoms with Gasteiger partial charge in [-0.2, -0.15) is 4.31 Å². The topological polar surface area (TPSA) is 72.9 Å². The Morgan fingerprint density at radius 2 is 1.68 bits per heavy atom. The quantitative estimate of drug-likeness (QED) is 0.424. The van der Waals surface area contributed by atoms with Gasteiger partial charge in [0.15, 0.2) is 6.61 Å². The molecule has 0 bridgehead atoms. The first-order valence-electron chi connectivity index (χ1n) is 9.09. The van der Waals surface area contributed by atoms with Crippen LogP contribution in [0.1, 0.15) is 5.56 Å². The van der Waals surface area contributed by atoms with Crippen molar-refractivity contribution in [1.82, 2.24) is 0 Å². The lowest BCUT2D eigenvalue weighted by molar-refractivity contribution is -0.119. The van der Waals surface area contributed by atoms with Gasteiger partial charge in [0.2, 0.25) is 0 Å². The maximum Gasteiger partial charge on any atom is 0.278 e. The monoisotopic (exact) mass is 523 g/mol.